The summed E-state index contributed by atoms with van der Waals surface area (Å²) in [6.45, 7) is 0. The summed E-state index contributed by atoms with van der Waals surface area (Å²) >= 11 is 0. The predicted molar refractivity (Wildman–Crippen MR) is 34.1 cm³/mol. The monoisotopic (exact) mass is 136 g/mol. The number of nitriles is 1. The van der Waals surface area contributed by atoms with Crippen molar-refractivity contribution in [3.05, 3.63) is 22.6 Å². The summed E-state index contributed by atoms with van der Waals surface area (Å²) in [4.78, 5) is 16.5. The van der Waals surface area contributed by atoms with Crippen LogP contribution < -0.4 is 10.9 Å². The molecule has 10 heavy (non-hydrogen) atoms. The minimum absolute atomic E-state index is 0.162. The summed E-state index contributed by atoms with van der Waals surface area (Å²) in [5.41, 5.74) is -0.284. The van der Waals surface area contributed by atoms with Crippen LogP contribution in [0.5, 0.6) is 0 Å². The quantitative estimate of drug-likeness (QED) is 0.409. The van der Waals surface area contributed by atoms with Crippen molar-refractivity contribution in [3.8, 4) is 6.19 Å². The molecule has 1 aromatic heterocycles. The van der Waals surface area contributed by atoms with Gasteiger partial charge in [0.2, 0.25) is 5.95 Å². The summed E-state index contributed by atoms with van der Waals surface area (Å²) in [6, 6.07) is 1.27. The Balaban J connectivity index is 2.98. The van der Waals surface area contributed by atoms with E-state index in [1.165, 1.54) is 12.3 Å². The van der Waals surface area contributed by atoms with Crippen LogP contribution in [0.3, 0.4) is 0 Å². The van der Waals surface area contributed by atoms with Gasteiger partial charge in [-0.05, 0) is 0 Å². The zero-order valence-electron chi connectivity index (χ0n) is 4.96. The molecule has 0 spiro atoms. The highest BCUT2D eigenvalue weighted by molar-refractivity contribution is 5.27. The maximum Gasteiger partial charge on any atom is 0.252 e. The predicted octanol–water partition coefficient (Wildman–Crippen LogP) is -0.337. The Bertz CT molecular complexity index is 310. The van der Waals surface area contributed by atoms with Gasteiger partial charge in [0.05, 0.1) is 0 Å². The van der Waals surface area contributed by atoms with E-state index in [0.29, 0.717) is 0 Å². The second kappa shape index (κ2) is 2.64. The molecule has 2 N–H and O–H groups in total. The van der Waals surface area contributed by atoms with E-state index in [1.807, 2.05) is 0 Å². The van der Waals surface area contributed by atoms with Gasteiger partial charge in [-0.15, -0.1) is 0 Å². The number of anilines is 1. The lowest BCUT2D eigenvalue weighted by Gasteiger charge is -1.90. The lowest BCUT2D eigenvalue weighted by atomic mass is 10.6. The van der Waals surface area contributed by atoms with E-state index >= 15 is 0 Å². The molecule has 0 aliphatic rings. The molecule has 5 nitrogen and oxygen atoms in total. The zero-order chi connectivity index (χ0) is 7.40. The molecule has 50 valence electrons. The Hall–Kier alpha value is -1.83. The molecule has 1 heterocycles. The molecule has 0 saturated heterocycles. The van der Waals surface area contributed by atoms with Gasteiger partial charge in [0.1, 0.15) is 0 Å². The Labute approximate surface area is 56.3 Å². The van der Waals surface area contributed by atoms with E-state index in [1.54, 1.807) is 6.19 Å². The lowest BCUT2D eigenvalue weighted by Crippen LogP contribution is -2.07. The van der Waals surface area contributed by atoms with Crippen molar-refractivity contribution < 1.29 is 0 Å². The molecule has 5 heteroatoms. The molecule has 1 rings (SSSR count). The summed E-state index contributed by atoms with van der Waals surface area (Å²) in [5.74, 6) is 0.162. The number of hydrogen-bond donors (Lipinski definition) is 2. The zero-order valence-corrected chi connectivity index (χ0v) is 4.96. The third-order valence-electron chi connectivity index (χ3n) is 0.845. The van der Waals surface area contributed by atoms with Crippen molar-refractivity contribution in [1.82, 2.24) is 9.97 Å². The van der Waals surface area contributed by atoms with E-state index in [9.17, 15) is 4.79 Å². The standard InChI is InChI=1S/C5H4N4O/c6-3-8-5-7-2-1-4(10)9-5/h1-2H,(H2,7,8,9,10). The van der Waals surface area contributed by atoms with Crippen molar-refractivity contribution in [2.75, 3.05) is 5.32 Å². The number of aromatic amines is 1. The van der Waals surface area contributed by atoms with E-state index in [4.69, 9.17) is 5.26 Å². The summed E-state index contributed by atoms with van der Waals surface area (Å²) in [7, 11) is 0. The van der Waals surface area contributed by atoms with E-state index < -0.39 is 0 Å². The van der Waals surface area contributed by atoms with Gasteiger partial charge in [0, 0.05) is 12.3 Å². The topological polar surface area (TPSA) is 81.6 Å². The summed E-state index contributed by atoms with van der Waals surface area (Å²) in [6.07, 6.45) is 2.95. The Morgan fingerprint density at radius 2 is 2.60 bits per heavy atom. The highest BCUT2D eigenvalue weighted by Crippen LogP contribution is 1.86. The van der Waals surface area contributed by atoms with Gasteiger partial charge in [-0.1, -0.05) is 0 Å². The van der Waals surface area contributed by atoms with Gasteiger partial charge in [0.25, 0.3) is 5.56 Å². The largest absolute Gasteiger partial charge is 0.292 e. The summed E-state index contributed by atoms with van der Waals surface area (Å²) in [5, 5.41) is 10.3. The fourth-order valence-corrected chi connectivity index (χ4v) is 0.487. The Morgan fingerprint density at radius 1 is 1.80 bits per heavy atom. The second-order valence-corrected chi connectivity index (χ2v) is 1.52. The first-order chi connectivity index (χ1) is 4.83. The number of aromatic nitrogens is 2. The van der Waals surface area contributed by atoms with Crippen molar-refractivity contribution in [3.63, 3.8) is 0 Å². The maximum atomic E-state index is 10.5. The fraction of sp³-hybridized carbons (Fsp3) is 0. The van der Waals surface area contributed by atoms with Crippen LogP contribution in [-0.2, 0) is 0 Å². The number of nitrogens with zero attached hydrogens (tertiary/aromatic N) is 2. The van der Waals surface area contributed by atoms with E-state index in [0.717, 1.165) is 0 Å². The molecule has 1 aromatic rings. The smallest absolute Gasteiger partial charge is 0.252 e. The minimum Gasteiger partial charge on any atom is -0.292 e. The van der Waals surface area contributed by atoms with Gasteiger partial charge >= 0.3 is 0 Å². The van der Waals surface area contributed by atoms with Crippen LogP contribution >= 0.6 is 0 Å². The molecule has 0 radical (unpaired) electrons. The SMILES string of the molecule is N#CNc1nccc(=O)[nH]1. The molecular weight excluding hydrogens is 132 g/mol. The van der Waals surface area contributed by atoms with Crippen molar-refractivity contribution >= 4 is 5.95 Å². The highest BCUT2D eigenvalue weighted by Gasteiger charge is 1.88. The normalized spacial score (nSPS) is 8.30. The van der Waals surface area contributed by atoms with Crippen molar-refractivity contribution in [2.24, 2.45) is 0 Å². The van der Waals surface area contributed by atoms with E-state index in [-0.39, 0.29) is 11.5 Å². The van der Waals surface area contributed by atoms with Gasteiger partial charge in [-0.25, -0.2) is 4.98 Å². The molecule has 0 atom stereocenters. The maximum absolute atomic E-state index is 10.5. The van der Waals surface area contributed by atoms with Gasteiger partial charge < -0.3 is 0 Å². The molecule has 0 aliphatic carbocycles. The van der Waals surface area contributed by atoms with Crippen molar-refractivity contribution in [2.45, 2.75) is 0 Å². The van der Waals surface area contributed by atoms with Crippen LogP contribution in [0.4, 0.5) is 5.95 Å². The first kappa shape index (κ1) is 6.29. The fourth-order valence-electron chi connectivity index (χ4n) is 0.487. The lowest BCUT2D eigenvalue weighted by molar-refractivity contribution is 1.12. The van der Waals surface area contributed by atoms with Crippen LogP contribution in [0.2, 0.25) is 0 Å². The first-order valence-corrected chi connectivity index (χ1v) is 2.53. The van der Waals surface area contributed by atoms with Crippen molar-refractivity contribution in [1.29, 1.82) is 5.26 Å². The third kappa shape index (κ3) is 1.32. The average molecular weight is 136 g/mol. The molecule has 0 amide bonds. The van der Waals surface area contributed by atoms with Crippen LogP contribution in [0.15, 0.2) is 17.1 Å². The second-order valence-electron chi connectivity index (χ2n) is 1.52. The van der Waals surface area contributed by atoms with Gasteiger partial charge in [0.15, 0.2) is 6.19 Å². The Kier molecular flexibility index (Phi) is 1.66. The number of hydrogen-bond acceptors (Lipinski definition) is 4. The average Bonchev–Trinajstić information content (AvgIpc) is 1.88. The van der Waals surface area contributed by atoms with Gasteiger partial charge in [-0.2, -0.15) is 5.26 Å². The van der Waals surface area contributed by atoms with Gasteiger partial charge in [-0.3, -0.25) is 15.1 Å². The summed E-state index contributed by atoms with van der Waals surface area (Å²) < 4.78 is 0. The van der Waals surface area contributed by atoms with Crippen LogP contribution in [0, 0.1) is 11.5 Å². The number of H-pyrrole nitrogens is 1. The van der Waals surface area contributed by atoms with Crippen LogP contribution in [0.1, 0.15) is 0 Å². The number of rotatable bonds is 1. The van der Waals surface area contributed by atoms with E-state index in [2.05, 4.69) is 15.3 Å². The highest BCUT2D eigenvalue weighted by atomic mass is 16.1. The molecular formula is C5H4N4O. The molecule has 0 aromatic carbocycles. The number of nitrogens with one attached hydrogen (secondary N) is 2. The molecule has 0 bridgehead atoms. The van der Waals surface area contributed by atoms with Crippen LogP contribution in [-0.4, -0.2) is 9.97 Å². The third-order valence-corrected chi connectivity index (χ3v) is 0.845. The Morgan fingerprint density at radius 3 is 3.20 bits per heavy atom. The first-order valence-electron chi connectivity index (χ1n) is 2.53. The molecule has 0 fully saturated rings. The molecule has 0 unspecified atom stereocenters. The minimum atomic E-state index is -0.284. The van der Waals surface area contributed by atoms with Crippen LogP contribution in [0.25, 0.3) is 0 Å². The molecule has 0 saturated carbocycles. The molecule has 0 aliphatic heterocycles.